The van der Waals surface area contributed by atoms with Crippen molar-refractivity contribution in [3.05, 3.63) is 82.9 Å². The molecule has 304 valence electrons. The van der Waals surface area contributed by atoms with Crippen molar-refractivity contribution >= 4 is 22.8 Å². The summed E-state index contributed by atoms with van der Waals surface area (Å²) in [5, 5.41) is 12.4. The first kappa shape index (κ1) is 40.6. The smallest absolute Gasteiger partial charge is 0.251 e. The Kier molecular flexibility index (Phi) is 12.5. The van der Waals surface area contributed by atoms with Crippen LogP contribution in [0.15, 0.2) is 54.6 Å². The van der Waals surface area contributed by atoms with Crippen LogP contribution in [0.1, 0.15) is 100 Å². The Morgan fingerprint density at radius 3 is 2.47 bits per heavy atom. The number of amides is 1. The van der Waals surface area contributed by atoms with Gasteiger partial charge in [0.05, 0.1) is 47.5 Å². The fourth-order valence-electron chi connectivity index (χ4n) is 8.50. The molecule has 7 rings (SSSR count). The Morgan fingerprint density at radius 2 is 1.81 bits per heavy atom. The van der Waals surface area contributed by atoms with E-state index in [2.05, 4.69) is 54.3 Å². The number of carbonyl (C=O) groups excluding carboxylic acids is 1. The molecule has 5 heterocycles. The van der Waals surface area contributed by atoms with Gasteiger partial charge in [-0.3, -0.25) is 9.69 Å². The highest BCUT2D eigenvalue weighted by Gasteiger charge is 2.41. The van der Waals surface area contributed by atoms with Crippen molar-refractivity contribution in [2.45, 2.75) is 110 Å². The largest absolute Gasteiger partial charge is 0.473 e. The van der Waals surface area contributed by atoms with Crippen molar-refractivity contribution in [2.24, 2.45) is 11.8 Å². The number of carbonyl (C=O) groups is 1. The third-order valence-electron chi connectivity index (χ3n) is 12.6. The van der Waals surface area contributed by atoms with E-state index in [1.807, 2.05) is 36.4 Å². The standard InChI is InChI=1S/C45H58FN7O4/c1-6-17-45(5,8-3)57-20-18-44(4,7-2)50-43(54)32-14-15-38-39(22-32)53(28-36-16-19-55-36)41(48-38)29-51-24-34-26-52(27-35(34)25-51)40-10-9-11-42(49-40)56-30-33-13-12-31(23-47)21-37(33)46/h9-15,21-22,34-36H,6-8,16-20,24-30H2,1-5H3,(H,50,54)/t34-,35+,36-,44?,45?/m0/s1. The molecular weight excluding hydrogens is 722 g/mol. The number of imidazole rings is 1. The van der Waals surface area contributed by atoms with Gasteiger partial charge >= 0.3 is 0 Å². The molecular formula is C45H58FN7O4. The number of nitrogens with zero attached hydrogens (tertiary/aromatic N) is 6. The molecule has 3 aliphatic heterocycles. The summed E-state index contributed by atoms with van der Waals surface area (Å²) in [6.45, 7) is 17.4. The lowest BCUT2D eigenvalue weighted by molar-refractivity contribution is -0.0591. The van der Waals surface area contributed by atoms with Gasteiger partial charge in [-0.2, -0.15) is 10.2 Å². The van der Waals surface area contributed by atoms with Crippen molar-refractivity contribution in [3.63, 3.8) is 0 Å². The van der Waals surface area contributed by atoms with E-state index in [-0.39, 0.29) is 35.3 Å². The van der Waals surface area contributed by atoms with Gasteiger partial charge in [-0.25, -0.2) is 9.37 Å². The van der Waals surface area contributed by atoms with Gasteiger partial charge < -0.3 is 29.0 Å². The molecule has 0 spiro atoms. The summed E-state index contributed by atoms with van der Waals surface area (Å²) < 4.78 is 34.8. The van der Waals surface area contributed by atoms with Crippen molar-refractivity contribution in [2.75, 3.05) is 44.3 Å². The Hall–Kier alpha value is -4.57. The maximum absolute atomic E-state index is 14.4. The van der Waals surface area contributed by atoms with Crippen molar-refractivity contribution in [3.8, 4) is 11.9 Å². The van der Waals surface area contributed by atoms with Crippen LogP contribution < -0.4 is 15.0 Å². The molecule has 57 heavy (non-hydrogen) atoms. The number of nitriles is 1. The molecule has 2 aromatic heterocycles. The fourth-order valence-corrected chi connectivity index (χ4v) is 8.50. The van der Waals surface area contributed by atoms with Gasteiger partial charge in [0.2, 0.25) is 5.88 Å². The number of pyridine rings is 1. The fraction of sp³-hybridized carbons (Fsp3) is 0.556. The van der Waals surface area contributed by atoms with E-state index >= 15 is 0 Å². The molecule has 0 saturated carbocycles. The summed E-state index contributed by atoms with van der Waals surface area (Å²) in [5.74, 6) is 2.75. The Bertz CT molecular complexity index is 2070. The first-order chi connectivity index (χ1) is 27.5. The zero-order valence-electron chi connectivity index (χ0n) is 34.2. The van der Waals surface area contributed by atoms with Gasteiger partial charge in [0.15, 0.2) is 0 Å². The molecule has 1 N–H and O–H groups in total. The van der Waals surface area contributed by atoms with E-state index in [9.17, 15) is 9.18 Å². The number of nitrogens with one attached hydrogen (secondary N) is 1. The Morgan fingerprint density at radius 1 is 1.02 bits per heavy atom. The molecule has 11 nitrogen and oxygen atoms in total. The zero-order chi connectivity index (χ0) is 40.2. The molecule has 1 amide bonds. The quantitative estimate of drug-likeness (QED) is 0.109. The van der Waals surface area contributed by atoms with Crippen LogP contribution in [0, 0.1) is 29.0 Å². The lowest BCUT2D eigenvalue weighted by Gasteiger charge is -2.33. The monoisotopic (exact) mass is 779 g/mol. The van der Waals surface area contributed by atoms with Crippen molar-refractivity contribution in [1.29, 1.82) is 5.26 Å². The van der Waals surface area contributed by atoms with Gasteiger partial charge in [-0.1, -0.05) is 39.3 Å². The van der Waals surface area contributed by atoms with Crippen LogP contribution in [0.25, 0.3) is 11.0 Å². The highest BCUT2D eigenvalue weighted by Crippen LogP contribution is 2.35. The topological polar surface area (TPSA) is 118 Å². The average molecular weight is 780 g/mol. The highest BCUT2D eigenvalue weighted by molar-refractivity contribution is 5.98. The van der Waals surface area contributed by atoms with Crippen molar-refractivity contribution in [1.82, 2.24) is 24.8 Å². The van der Waals surface area contributed by atoms with Crippen LogP contribution in [0.5, 0.6) is 5.88 Å². The second-order valence-corrected chi connectivity index (χ2v) is 16.8. The van der Waals surface area contributed by atoms with E-state index < -0.39 is 5.82 Å². The number of hydrogen-bond donors (Lipinski definition) is 1. The Labute approximate surface area is 336 Å². The SMILES string of the molecule is CCCC(C)(CC)OCCC(C)(CC)NC(=O)c1ccc2nc(CN3C[C@@H]4CN(c5cccc(OCc6ccc(C#N)cc6F)n5)C[C@@H]4C3)n(C[C@@H]3CCO3)c2c1. The summed E-state index contributed by atoms with van der Waals surface area (Å²) >= 11 is 0. The van der Waals surface area contributed by atoms with E-state index in [4.69, 9.17) is 29.4 Å². The number of fused-ring (bicyclic) bond motifs is 2. The molecule has 12 heteroatoms. The summed E-state index contributed by atoms with van der Waals surface area (Å²) in [6, 6.07) is 17.9. The summed E-state index contributed by atoms with van der Waals surface area (Å²) in [6.07, 6.45) is 5.78. The minimum atomic E-state index is -0.462. The zero-order valence-corrected chi connectivity index (χ0v) is 34.2. The van der Waals surface area contributed by atoms with Gasteiger partial charge in [-0.15, -0.1) is 0 Å². The van der Waals surface area contributed by atoms with Crippen LogP contribution in [-0.2, 0) is 29.2 Å². The molecule has 3 saturated heterocycles. The molecule has 3 aliphatic rings. The number of hydrogen-bond acceptors (Lipinski definition) is 9. The lowest BCUT2D eigenvalue weighted by Crippen LogP contribution is -2.46. The second-order valence-electron chi connectivity index (χ2n) is 16.8. The van der Waals surface area contributed by atoms with E-state index in [0.29, 0.717) is 42.0 Å². The lowest BCUT2D eigenvalue weighted by atomic mass is 9.93. The molecule has 4 aromatic rings. The maximum atomic E-state index is 14.4. The predicted octanol–water partition coefficient (Wildman–Crippen LogP) is 7.65. The molecule has 2 unspecified atom stereocenters. The normalized spacial score (nSPS) is 21.4. The van der Waals surface area contributed by atoms with Gasteiger partial charge in [0.25, 0.3) is 5.91 Å². The minimum absolute atomic E-state index is 0.0343. The molecule has 5 atom stereocenters. The number of aromatic nitrogens is 3. The Balaban J connectivity index is 0.983. The molecule has 3 fully saturated rings. The van der Waals surface area contributed by atoms with Gasteiger partial charge in [-0.05, 0) is 94.2 Å². The maximum Gasteiger partial charge on any atom is 0.251 e. The average Bonchev–Trinajstić information content (AvgIpc) is 3.87. The van der Waals surface area contributed by atoms with E-state index in [1.54, 1.807) is 18.2 Å². The molecule has 2 aromatic carbocycles. The molecule has 0 radical (unpaired) electrons. The molecule has 0 aliphatic carbocycles. The van der Waals surface area contributed by atoms with Crippen LogP contribution in [-0.4, -0.2) is 82.0 Å². The second kappa shape index (κ2) is 17.5. The van der Waals surface area contributed by atoms with Crippen LogP contribution in [0.2, 0.25) is 0 Å². The first-order valence-corrected chi connectivity index (χ1v) is 20.8. The number of anilines is 1. The third-order valence-corrected chi connectivity index (χ3v) is 12.6. The summed E-state index contributed by atoms with van der Waals surface area (Å²) in [4.78, 5) is 28.5. The van der Waals surface area contributed by atoms with E-state index in [1.165, 1.54) is 6.07 Å². The molecule has 0 bridgehead atoms. The number of benzene rings is 2. The number of halogens is 1. The van der Waals surface area contributed by atoms with Crippen LogP contribution >= 0.6 is 0 Å². The number of rotatable bonds is 18. The minimum Gasteiger partial charge on any atom is -0.473 e. The summed E-state index contributed by atoms with van der Waals surface area (Å²) in [7, 11) is 0. The number of ether oxygens (including phenoxy) is 3. The van der Waals surface area contributed by atoms with Crippen LogP contribution in [0.4, 0.5) is 10.2 Å². The van der Waals surface area contributed by atoms with Crippen LogP contribution in [0.3, 0.4) is 0 Å². The highest BCUT2D eigenvalue weighted by atomic mass is 19.1. The van der Waals surface area contributed by atoms with Crippen molar-refractivity contribution < 1.29 is 23.4 Å². The summed E-state index contributed by atoms with van der Waals surface area (Å²) in [5.41, 5.74) is 2.63. The third kappa shape index (κ3) is 9.43. The van der Waals surface area contributed by atoms with E-state index in [0.717, 1.165) is 101 Å². The van der Waals surface area contributed by atoms with Gasteiger partial charge in [0.1, 0.15) is 24.1 Å². The number of likely N-dealkylation sites (tertiary alicyclic amines) is 1. The van der Waals surface area contributed by atoms with Gasteiger partial charge in [0, 0.05) is 62.1 Å². The predicted molar refractivity (Wildman–Crippen MR) is 219 cm³/mol. The first-order valence-electron chi connectivity index (χ1n) is 20.8.